The number of ether oxygens (including phenoxy) is 1. The molecule has 130 valence electrons. The highest BCUT2D eigenvalue weighted by Crippen LogP contribution is 2.33. The molecule has 3 aromatic rings. The van der Waals surface area contributed by atoms with Crippen molar-refractivity contribution in [2.45, 2.75) is 25.7 Å². The number of thiazole rings is 1. The molecular weight excluding hydrogens is 338 g/mol. The molecule has 6 nitrogen and oxygen atoms in total. The summed E-state index contributed by atoms with van der Waals surface area (Å²) in [6, 6.07) is 9.90. The summed E-state index contributed by atoms with van der Waals surface area (Å²) in [5.41, 5.74) is 1.07. The molecule has 0 aliphatic carbocycles. The molecule has 0 unspecified atom stereocenters. The maximum absolute atomic E-state index is 12.3. The number of nitrogens with zero attached hydrogens (tertiary/aromatic N) is 3. The molecule has 0 radical (unpaired) electrons. The Kier molecular flexibility index (Phi) is 4.40. The normalized spacial score (nSPS) is 15.6. The van der Waals surface area contributed by atoms with Gasteiger partial charge in [-0.1, -0.05) is 12.1 Å². The average molecular weight is 357 g/mol. The van der Waals surface area contributed by atoms with Gasteiger partial charge in [0, 0.05) is 25.1 Å². The fraction of sp³-hybridized carbons (Fsp3) is 0.389. The first-order chi connectivity index (χ1) is 12.2. The van der Waals surface area contributed by atoms with Crippen molar-refractivity contribution in [3.8, 4) is 5.88 Å². The lowest BCUT2D eigenvalue weighted by atomic mass is 9.97. The summed E-state index contributed by atoms with van der Waals surface area (Å²) in [5, 5.41) is 4.91. The lowest BCUT2D eigenvalue weighted by Crippen LogP contribution is -2.40. The van der Waals surface area contributed by atoms with E-state index in [1.54, 1.807) is 24.3 Å². The molecule has 1 amide bonds. The number of hydrogen-bond acceptors (Lipinski definition) is 6. The molecule has 0 atom stereocenters. The van der Waals surface area contributed by atoms with Crippen molar-refractivity contribution in [2.75, 3.05) is 19.7 Å². The number of para-hydroxylation sites is 1. The van der Waals surface area contributed by atoms with Crippen LogP contribution in [0.5, 0.6) is 5.88 Å². The van der Waals surface area contributed by atoms with Gasteiger partial charge in [-0.15, -0.1) is 11.3 Å². The van der Waals surface area contributed by atoms with Gasteiger partial charge in [0.2, 0.25) is 0 Å². The molecule has 1 aliphatic rings. The second-order valence-corrected chi connectivity index (χ2v) is 7.30. The summed E-state index contributed by atoms with van der Waals surface area (Å²) < 4.78 is 11.5. The molecule has 1 aromatic carbocycles. The first-order valence-corrected chi connectivity index (χ1v) is 9.20. The highest BCUT2D eigenvalue weighted by Gasteiger charge is 2.26. The van der Waals surface area contributed by atoms with Crippen LogP contribution in [0, 0.1) is 6.92 Å². The van der Waals surface area contributed by atoms with Crippen LogP contribution in [-0.2, 0) is 4.79 Å². The molecule has 0 bridgehead atoms. The molecule has 1 aliphatic heterocycles. The molecule has 25 heavy (non-hydrogen) atoms. The zero-order valence-electron chi connectivity index (χ0n) is 14.0. The van der Waals surface area contributed by atoms with Crippen LogP contribution in [0.25, 0.3) is 10.2 Å². The number of fused-ring (bicyclic) bond motifs is 1. The van der Waals surface area contributed by atoms with Gasteiger partial charge >= 0.3 is 0 Å². The Morgan fingerprint density at radius 2 is 2.16 bits per heavy atom. The van der Waals surface area contributed by atoms with Crippen LogP contribution in [-0.4, -0.2) is 40.6 Å². The molecule has 0 spiro atoms. The molecule has 1 saturated heterocycles. The second-order valence-electron chi connectivity index (χ2n) is 6.24. The standard InChI is InChI=1S/C18H19N3O3S/c1-12-10-16(20-24-12)23-11-17(22)21-8-6-13(7-9-21)18-19-14-4-2-3-5-15(14)25-18/h2-5,10,13H,6-9,11H2,1H3. The third-order valence-corrected chi connectivity index (χ3v) is 5.66. The first kappa shape index (κ1) is 16.1. The number of aromatic nitrogens is 2. The molecule has 0 saturated carbocycles. The van der Waals surface area contributed by atoms with Crippen LogP contribution in [0.1, 0.15) is 29.5 Å². The van der Waals surface area contributed by atoms with Crippen molar-refractivity contribution in [2.24, 2.45) is 0 Å². The Hall–Kier alpha value is -2.41. The van der Waals surface area contributed by atoms with Gasteiger partial charge in [-0.25, -0.2) is 4.98 Å². The summed E-state index contributed by atoms with van der Waals surface area (Å²) in [6.07, 6.45) is 1.88. The predicted octanol–water partition coefficient (Wildman–Crippen LogP) is 3.38. The van der Waals surface area contributed by atoms with Crippen LogP contribution in [0.2, 0.25) is 0 Å². The Bertz CT molecular complexity index is 847. The molecule has 7 heteroatoms. The number of carbonyl (C=O) groups is 1. The number of amides is 1. The zero-order chi connectivity index (χ0) is 17.2. The number of benzene rings is 1. The zero-order valence-corrected chi connectivity index (χ0v) is 14.8. The Morgan fingerprint density at radius 3 is 2.88 bits per heavy atom. The average Bonchev–Trinajstić information content (AvgIpc) is 3.25. The van der Waals surface area contributed by atoms with E-state index in [9.17, 15) is 4.79 Å². The van der Waals surface area contributed by atoms with Gasteiger partial charge in [-0.2, -0.15) is 0 Å². The van der Waals surface area contributed by atoms with Gasteiger partial charge in [0.25, 0.3) is 11.8 Å². The van der Waals surface area contributed by atoms with E-state index in [4.69, 9.17) is 14.2 Å². The van der Waals surface area contributed by atoms with E-state index in [0.717, 1.165) is 31.4 Å². The highest BCUT2D eigenvalue weighted by atomic mass is 32.1. The molecule has 4 rings (SSSR count). The minimum Gasteiger partial charge on any atom is -0.465 e. The summed E-state index contributed by atoms with van der Waals surface area (Å²) >= 11 is 1.77. The fourth-order valence-corrected chi connectivity index (χ4v) is 4.22. The molecule has 1 fully saturated rings. The van der Waals surface area contributed by atoms with Gasteiger partial charge in [-0.05, 0) is 37.1 Å². The van der Waals surface area contributed by atoms with Gasteiger partial charge in [0.1, 0.15) is 5.76 Å². The Labute approximate surface area is 149 Å². The lowest BCUT2D eigenvalue weighted by Gasteiger charge is -2.30. The number of piperidine rings is 1. The summed E-state index contributed by atoms with van der Waals surface area (Å²) in [4.78, 5) is 18.9. The summed E-state index contributed by atoms with van der Waals surface area (Å²) in [6.45, 7) is 3.26. The van der Waals surface area contributed by atoms with E-state index in [-0.39, 0.29) is 12.5 Å². The van der Waals surface area contributed by atoms with E-state index < -0.39 is 0 Å². The van der Waals surface area contributed by atoms with E-state index in [1.165, 1.54) is 9.71 Å². The lowest BCUT2D eigenvalue weighted by molar-refractivity contribution is -0.134. The van der Waals surface area contributed by atoms with E-state index in [2.05, 4.69) is 17.3 Å². The summed E-state index contributed by atoms with van der Waals surface area (Å²) in [5.74, 6) is 1.44. The third kappa shape index (κ3) is 3.51. The van der Waals surface area contributed by atoms with Crippen molar-refractivity contribution in [3.63, 3.8) is 0 Å². The van der Waals surface area contributed by atoms with Crippen LogP contribution in [0.3, 0.4) is 0 Å². The number of hydrogen-bond donors (Lipinski definition) is 0. The molecule has 2 aromatic heterocycles. The van der Waals surface area contributed by atoms with E-state index >= 15 is 0 Å². The van der Waals surface area contributed by atoms with Crippen LogP contribution in [0.15, 0.2) is 34.9 Å². The largest absolute Gasteiger partial charge is 0.465 e. The molecule has 3 heterocycles. The topological polar surface area (TPSA) is 68.5 Å². The minimum absolute atomic E-state index is 0.00220. The molecular formula is C18H19N3O3S. The summed E-state index contributed by atoms with van der Waals surface area (Å²) in [7, 11) is 0. The van der Waals surface area contributed by atoms with Crippen LogP contribution in [0.4, 0.5) is 0 Å². The van der Waals surface area contributed by atoms with Crippen molar-refractivity contribution < 1.29 is 14.1 Å². The Balaban J connectivity index is 1.32. The van der Waals surface area contributed by atoms with E-state index in [0.29, 0.717) is 17.6 Å². The number of likely N-dealkylation sites (tertiary alicyclic amines) is 1. The maximum atomic E-state index is 12.3. The predicted molar refractivity (Wildman–Crippen MR) is 94.9 cm³/mol. The van der Waals surface area contributed by atoms with Crippen molar-refractivity contribution in [1.29, 1.82) is 0 Å². The number of aryl methyl sites for hydroxylation is 1. The van der Waals surface area contributed by atoms with Crippen LogP contribution < -0.4 is 4.74 Å². The van der Waals surface area contributed by atoms with Gasteiger partial charge < -0.3 is 14.2 Å². The SMILES string of the molecule is Cc1cc(OCC(=O)N2CCC(c3nc4ccccc4s3)CC2)no1. The molecule has 0 N–H and O–H groups in total. The number of rotatable bonds is 4. The minimum atomic E-state index is -0.0107. The van der Waals surface area contributed by atoms with Crippen molar-refractivity contribution in [3.05, 3.63) is 41.1 Å². The van der Waals surface area contributed by atoms with E-state index in [1.807, 2.05) is 17.0 Å². The maximum Gasteiger partial charge on any atom is 0.260 e. The van der Waals surface area contributed by atoms with Gasteiger partial charge in [0.05, 0.1) is 15.2 Å². The quantitative estimate of drug-likeness (QED) is 0.716. The van der Waals surface area contributed by atoms with Crippen LogP contribution >= 0.6 is 11.3 Å². The first-order valence-electron chi connectivity index (χ1n) is 8.38. The monoisotopic (exact) mass is 357 g/mol. The number of carbonyl (C=O) groups excluding carboxylic acids is 1. The third-order valence-electron chi connectivity index (χ3n) is 4.46. The Morgan fingerprint density at radius 1 is 1.36 bits per heavy atom. The fourth-order valence-electron chi connectivity index (χ4n) is 3.08. The van der Waals surface area contributed by atoms with Crippen molar-refractivity contribution >= 4 is 27.5 Å². The van der Waals surface area contributed by atoms with Crippen molar-refractivity contribution in [1.82, 2.24) is 15.0 Å². The smallest absolute Gasteiger partial charge is 0.260 e. The highest BCUT2D eigenvalue weighted by molar-refractivity contribution is 7.18. The van der Waals surface area contributed by atoms with Gasteiger partial charge in [-0.3, -0.25) is 4.79 Å². The second kappa shape index (κ2) is 6.84. The van der Waals surface area contributed by atoms with Gasteiger partial charge in [0.15, 0.2) is 6.61 Å².